The van der Waals surface area contributed by atoms with Crippen molar-refractivity contribution in [1.29, 1.82) is 0 Å². The number of carbonyl (C=O) groups excluding carboxylic acids is 1. The van der Waals surface area contributed by atoms with Crippen molar-refractivity contribution in [3.63, 3.8) is 0 Å². The summed E-state index contributed by atoms with van der Waals surface area (Å²) in [5.41, 5.74) is 3.20. The van der Waals surface area contributed by atoms with Gasteiger partial charge in [-0.15, -0.1) is 0 Å². The van der Waals surface area contributed by atoms with Crippen molar-refractivity contribution in [2.24, 2.45) is 4.99 Å². The van der Waals surface area contributed by atoms with E-state index in [1.807, 2.05) is 61.5 Å². The second-order valence-electron chi connectivity index (χ2n) is 8.57. The van der Waals surface area contributed by atoms with Crippen molar-refractivity contribution < 1.29 is 14.3 Å². The zero-order valence-corrected chi connectivity index (χ0v) is 23.6. The van der Waals surface area contributed by atoms with E-state index in [-0.39, 0.29) is 12.2 Å². The number of nitrogens with zero attached hydrogens (tertiary/aromatic N) is 3. The summed E-state index contributed by atoms with van der Waals surface area (Å²) in [5, 5.41) is 0. The molecule has 0 saturated heterocycles. The lowest BCUT2D eigenvalue weighted by molar-refractivity contribution is -0.139. The molecule has 0 saturated carbocycles. The summed E-state index contributed by atoms with van der Waals surface area (Å²) < 4.78 is 14.1. The number of aromatic nitrogens is 1. The smallest absolute Gasteiger partial charge is 0.338 e. The van der Waals surface area contributed by atoms with Crippen LogP contribution in [0.25, 0.3) is 6.08 Å². The minimum atomic E-state index is -0.660. The van der Waals surface area contributed by atoms with E-state index in [0.29, 0.717) is 33.0 Å². The first-order valence-electron chi connectivity index (χ1n) is 11.7. The van der Waals surface area contributed by atoms with E-state index in [2.05, 4.69) is 27.5 Å². The maximum atomic E-state index is 13.9. The van der Waals surface area contributed by atoms with Crippen LogP contribution in [0, 0.1) is 0 Å². The predicted molar refractivity (Wildman–Crippen MR) is 151 cm³/mol. The van der Waals surface area contributed by atoms with Gasteiger partial charge in [0.2, 0.25) is 0 Å². The van der Waals surface area contributed by atoms with E-state index >= 15 is 0 Å². The quantitative estimate of drug-likeness (QED) is 0.294. The van der Waals surface area contributed by atoms with Crippen molar-refractivity contribution in [3.05, 3.63) is 102 Å². The van der Waals surface area contributed by atoms with E-state index in [9.17, 15) is 9.59 Å². The Morgan fingerprint density at radius 3 is 2.62 bits per heavy atom. The van der Waals surface area contributed by atoms with Gasteiger partial charge in [0.15, 0.2) is 4.80 Å². The third-order valence-electron chi connectivity index (χ3n) is 5.86. The first kappa shape index (κ1) is 26.6. The van der Waals surface area contributed by atoms with Crippen LogP contribution >= 0.6 is 27.3 Å². The van der Waals surface area contributed by atoms with Gasteiger partial charge in [-0.1, -0.05) is 52.1 Å². The number of fused-ring (bicyclic) bond motifs is 1. The Labute approximate surface area is 227 Å². The lowest BCUT2D eigenvalue weighted by atomic mass is 9.95. The molecule has 1 aromatic heterocycles. The van der Waals surface area contributed by atoms with Crippen molar-refractivity contribution in [3.8, 4) is 5.75 Å². The average Bonchev–Trinajstić information content (AvgIpc) is 3.17. The third kappa shape index (κ3) is 5.47. The molecular formula is C28H28BrN3O4S. The number of esters is 1. The molecule has 0 aliphatic carbocycles. The normalized spacial score (nSPS) is 15.2. The van der Waals surface area contributed by atoms with Gasteiger partial charge in [-0.05, 0) is 55.8 Å². The molecule has 0 amide bonds. The number of hydrogen-bond acceptors (Lipinski definition) is 7. The van der Waals surface area contributed by atoms with Crippen LogP contribution in [0.4, 0.5) is 5.69 Å². The number of rotatable bonds is 8. The van der Waals surface area contributed by atoms with Gasteiger partial charge < -0.3 is 14.4 Å². The Kier molecular flexibility index (Phi) is 8.14. The molecule has 3 aromatic rings. The highest BCUT2D eigenvalue weighted by molar-refractivity contribution is 9.10. The van der Waals surface area contributed by atoms with Gasteiger partial charge in [0.05, 0.1) is 28.5 Å². The van der Waals surface area contributed by atoms with E-state index < -0.39 is 12.0 Å². The largest absolute Gasteiger partial charge is 0.489 e. The Bertz CT molecular complexity index is 1550. The SMILES string of the molecule is C=CCOc1ccc(Br)cc1/C=c1\sc2n(c1=O)[C@H](c1ccc(N(C)C)cc1)C(C(=O)OCC)=C(C)N=2. The number of anilines is 1. The number of benzene rings is 2. The second-order valence-corrected chi connectivity index (χ2v) is 10.5. The molecule has 37 heavy (non-hydrogen) atoms. The molecule has 7 nitrogen and oxygen atoms in total. The maximum absolute atomic E-state index is 13.9. The Morgan fingerprint density at radius 1 is 1.24 bits per heavy atom. The van der Waals surface area contributed by atoms with Crippen molar-refractivity contribution in [2.45, 2.75) is 19.9 Å². The highest BCUT2D eigenvalue weighted by Crippen LogP contribution is 2.32. The van der Waals surface area contributed by atoms with Crippen LogP contribution in [-0.2, 0) is 9.53 Å². The van der Waals surface area contributed by atoms with E-state index in [4.69, 9.17) is 9.47 Å². The highest BCUT2D eigenvalue weighted by atomic mass is 79.9. The minimum Gasteiger partial charge on any atom is -0.489 e. The number of halogens is 1. The molecule has 0 spiro atoms. The molecule has 0 bridgehead atoms. The summed E-state index contributed by atoms with van der Waals surface area (Å²) in [4.78, 5) is 34.1. The van der Waals surface area contributed by atoms with Crippen molar-refractivity contribution >= 4 is 45.0 Å². The fraction of sp³-hybridized carbons (Fsp3) is 0.250. The number of hydrogen-bond donors (Lipinski definition) is 0. The van der Waals surface area contributed by atoms with Gasteiger partial charge >= 0.3 is 5.97 Å². The topological polar surface area (TPSA) is 73.1 Å². The number of allylic oxidation sites excluding steroid dienone is 1. The molecule has 1 atom stereocenters. The van der Waals surface area contributed by atoms with Gasteiger partial charge in [-0.2, -0.15) is 0 Å². The maximum Gasteiger partial charge on any atom is 0.338 e. The van der Waals surface area contributed by atoms with Crippen LogP contribution in [0.2, 0.25) is 0 Å². The molecule has 0 radical (unpaired) electrons. The molecule has 4 rings (SSSR count). The molecule has 0 unspecified atom stereocenters. The fourth-order valence-corrected chi connectivity index (χ4v) is 5.53. The second kappa shape index (κ2) is 11.3. The molecule has 2 heterocycles. The predicted octanol–water partition coefficient (Wildman–Crippen LogP) is 4.19. The van der Waals surface area contributed by atoms with E-state index in [1.165, 1.54) is 11.3 Å². The lowest BCUT2D eigenvalue weighted by Gasteiger charge is -2.25. The average molecular weight is 583 g/mol. The number of thiazole rings is 1. The molecular weight excluding hydrogens is 554 g/mol. The van der Waals surface area contributed by atoms with Gasteiger partial charge in [0.1, 0.15) is 12.4 Å². The molecule has 0 N–H and O–H groups in total. The summed E-state index contributed by atoms with van der Waals surface area (Å²) in [6.07, 6.45) is 3.46. The van der Waals surface area contributed by atoms with Crippen LogP contribution < -0.4 is 24.5 Å². The first-order chi connectivity index (χ1) is 17.7. The van der Waals surface area contributed by atoms with Crippen molar-refractivity contribution in [1.82, 2.24) is 4.57 Å². The van der Waals surface area contributed by atoms with E-state index in [1.54, 1.807) is 30.6 Å². The van der Waals surface area contributed by atoms with Gasteiger partial charge in [0.25, 0.3) is 5.56 Å². The monoisotopic (exact) mass is 581 g/mol. The van der Waals surface area contributed by atoms with Gasteiger partial charge in [0, 0.05) is 29.8 Å². The van der Waals surface area contributed by atoms with Gasteiger partial charge in [-0.3, -0.25) is 9.36 Å². The van der Waals surface area contributed by atoms with Crippen LogP contribution in [0.5, 0.6) is 5.75 Å². The van der Waals surface area contributed by atoms with Crippen molar-refractivity contribution in [2.75, 3.05) is 32.2 Å². The summed E-state index contributed by atoms with van der Waals surface area (Å²) >= 11 is 4.78. The fourth-order valence-electron chi connectivity index (χ4n) is 4.12. The summed E-state index contributed by atoms with van der Waals surface area (Å²) in [7, 11) is 3.92. The molecule has 0 fully saturated rings. The van der Waals surface area contributed by atoms with Crippen LogP contribution in [-0.4, -0.2) is 37.8 Å². The molecule has 9 heteroatoms. The highest BCUT2D eigenvalue weighted by Gasteiger charge is 2.33. The Balaban J connectivity index is 1.93. The summed E-state index contributed by atoms with van der Waals surface area (Å²) in [6, 6.07) is 12.8. The third-order valence-corrected chi connectivity index (χ3v) is 7.33. The lowest BCUT2D eigenvalue weighted by Crippen LogP contribution is -2.40. The Morgan fingerprint density at radius 2 is 1.97 bits per heavy atom. The number of carbonyl (C=O) groups is 1. The molecule has 2 aromatic carbocycles. The standard InChI is InChI=1S/C28H28BrN3O4S/c1-6-14-36-22-13-10-20(29)15-19(22)16-23-26(33)32-25(18-8-11-21(12-9-18)31(4)5)24(27(34)35-7-2)17(3)30-28(32)37-23/h6,8-13,15-16,25H,1,7,14H2,2-5H3/b23-16-/t25-/m1/s1. The van der Waals surface area contributed by atoms with E-state index in [0.717, 1.165) is 21.3 Å². The minimum absolute atomic E-state index is 0.225. The first-order valence-corrected chi connectivity index (χ1v) is 13.4. The molecule has 1 aliphatic rings. The zero-order chi connectivity index (χ0) is 26.7. The Hall–Kier alpha value is -3.43. The zero-order valence-electron chi connectivity index (χ0n) is 21.2. The van der Waals surface area contributed by atoms with Crippen LogP contribution in [0.1, 0.15) is 31.0 Å². The molecule has 192 valence electrons. The summed E-state index contributed by atoms with van der Waals surface area (Å²) in [6.45, 7) is 7.81. The summed E-state index contributed by atoms with van der Waals surface area (Å²) in [5.74, 6) is 0.153. The number of ether oxygens (including phenoxy) is 2. The molecule has 1 aliphatic heterocycles. The van der Waals surface area contributed by atoms with Gasteiger partial charge in [-0.25, -0.2) is 9.79 Å². The van der Waals surface area contributed by atoms with Crippen LogP contribution in [0.3, 0.4) is 0 Å². The van der Waals surface area contributed by atoms with Crippen LogP contribution in [0.15, 0.2) is 80.6 Å².